The van der Waals surface area contributed by atoms with Gasteiger partial charge in [-0.2, -0.15) is 0 Å². The molecule has 15 heavy (non-hydrogen) atoms. The zero-order valence-corrected chi connectivity index (χ0v) is 9.09. The lowest BCUT2D eigenvalue weighted by molar-refractivity contribution is -0.145. The highest BCUT2D eigenvalue weighted by molar-refractivity contribution is 5.74. The Morgan fingerprint density at radius 1 is 1.47 bits per heavy atom. The number of aliphatic hydroxyl groups is 1. The summed E-state index contributed by atoms with van der Waals surface area (Å²) in [4.78, 5) is 13.2. The summed E-state index contributed by atoms with van der Waals surface area (Å²) >= 11 is 0. The maximum atomic E-state index is 11.2. The van der Waals surface area contributed by atoms with E-state index in [1.165, 1.54) is 0 Å². The highest BCUT2D eigenvalue weighted by atomic mass is 16.4. The number of aliphatic carboxylic acids is 1. The summed E-state index contributed by atoms with van der Waals surface area (Å²) in [6, 6.07) is -0.307. The summed E-state index contributed by atoms with van der Waals surface area (Å²) < 4.78 is 0. The summed E-state index contributed by atoms with van der Waals surface area (Å²) in [6.45, 7) is 2.99. The molecule has 0 radical (unpaired) electrons. The number of carboxylic acids is 1. The third-order valence-electron chi connectivity index (χ3n) is 3.79. The Morgan fingerprint density at radius 3 is 2.60 bits per heavy atom. The van der Waals surface area contributed by atoms with E-state index in [1.807, 2.05) is 4.90 Å². The Labute approximate surface area is 89.9 Å². The SMILES string of the molecule is CC1CCN(C(C(=O)O)C2CC2)C1CO. The van der Waals surface area contributed by atoms with Crippen LogP contribution in [0, 0.1) is 11.8 Å². The fourth-order valence-corrected chi connectivity index (χ4v) is 2.69. The van der Waals surface area contributed by atoms with Crippen LogP contribution in [0.25, 0.3) is 0 Å². The molecule has 1 aliphatic heterocycles. The molecule has 86 valence electrons. The van der Waals surface area contributed by atoms with Crippen LogP contribution < -0.4 is 0 Å². The van der Waals surface area contributed by atoms with Crippen molar-refractivity contribution in [1.82, 2.24) is 4.90 Å². The molecule has 3 unspecified atom stereocenters. The normalized spacial score (nSPS) is 34.3. The van der Waals surface area contributed by atoms with E-state index >= 15 is 0 Å². The van der Waals surface area contributed by atoms with E-state index < -0.39 is 5.97 Å². The van der Waals surface area contributed by atoms with E-state index in [0.717, 1.165) is 25.8 Å². The second-order valence-electron chi connectivity index (χ2n) is 4.87. The molecule has 4 heteroatoms. The minimum Gasteiger partial charge on any atom is -0.480 e. The molecular weight excluding hydrogens is 194 g/mol. The lowest BCUT2D eigenvalue weighted by Crippen LogP contribution is -2.48. The molecule has 3 atom stereocenters. The van der Waals surface area contributed by atoms with E-state index in [0.29, 0.717) is 11.8 Å². The van der Waals surface area contributed by atoms with Crippen LogP contribution in [0.5, 0.6) is 0 Å². The van der Waals surface area contributed by atoms with Gasteiger partial charge in [0.1, 0.15) is 6.04 Å². The predicted octanol–water partition coefficient (Wildman–Crippen LogP) is 0.552. The van der Waals surface area contributed by atoms with Crippen molar-refractivity contribution < 1.29 is 15.0 Å². The Kier molecular flexibility index (Phi) is 2.98. The Bertz CT molecular complexity index is 252. The average Bonchev–Trinajstić information content (AvgIpc) is 2.92. The number of nitrogens with zero attached hydrogens (tertiary/aromatic N) is 1. The first-order valence-electron chi connectivity index (χ1n) is 5.74. The summed E-state index contributed by atoms with van der Waals surface area (Å²) in [7, 11) is 0. The van der Waals surface area contributed by atoms with E-state index in [4.69, 9.17) is 0 Å². The first-order valence-corrected chi connectivity index (χ1v) is 5.74. The summed E-state index contributed by atoms with van der Waals surface area (Å²) in [5, 5.41) is 18.5. The monoisotopic (exact) mass is 213 g/mol. The number of rotatable bonds is 4. The van der Waals surface area contributed by atoms with Crippen LogP contribution in [0.4, 0.5) is 0 Å². The predicted molar refractivity (Wildman–Crippen MR) is 55.5 cm³/mol. The van der Waals surface area contributed by atoms with Crippen molar-refractivity contribution in [1.29, 1.82) is 0 Å². The van der Waals surface area contributed by atoms with Gasteiger partial charge in [-0.25, -0.2) is 0 Å². The van der Waals surface area contributed by atoms with Gasteiger partial charge in [0.05, 0.1) is 6.61 Å². The summed E-state index contributed by atoms with van der Waals surface area (Å²) in [5.74, 6) is 0.0162. The van der Waals surface area contributed by atoms with Crippen molar-refractivity contribution in [2.75, 3.05) is 13.2 Å². The van der Waals surface area contributed by atoms with Gasteiger partial charge in [-0.3, -0.25) is 9.69 Å². The fourth-order valence-electron chi connectivity index (χ4n) is 2.69. The Hall–Kier alpha value is -0.610. The number of aliphatic hydroxyl groups excluding tert-OH is 1. The van der Waals surface area contributed by atoms with Gasteiger partial charge in [0.15, 0.2) is 0 Å². The molecule has 0 spiro atoms. The highest BCUT2D eigenvalue weighted by Gasteiger charge is 2.45. The topological polar surface area (TPSA) is 60.8 Å². The summed E-state index contributed by atoms with van der Waals surface area (Å²) in [6.07, 6.45) is 3.06. The van der Waals surface area contributed by atoms with Gasteiger partial charge in [-0.05, 0) is 37.6 Å². The fraction of sp³-hybridized carbons (Fsp3) is 0.909. The molecule has 2 N–H and O–H groups in total. The van der Waals surface area contributed by atoms with E-state index in [9.17, 15) is 15.0 Å². The quantitative estimate of drug-likeness (QED) is 0.716. The zero-order valence-electron chi connectivity index (χ0n) is 9.09. The molecule has 0 aromatic rings. The van der Waals surface area contributed by atoms with Gasteiger partial charge in [0, 0.05) is 6.04 Å². The number of hydrogen-bond donors (Lipinski definition) is 2. The Morgan fingerprint density at radius 2 is 2.13 bits per heavy atom. The average molecular weight is 213 g/mol. The molecule has 4 nitrogen and oxygen atoms in total. The first kappa shape index (κ1) is 10.9. The molecule has 1 aliphatic carbocycles. The minimum atomic E-state index is -0.718. The number of carboxylic acid groups (broad SMARTS) is 1. The van der Waals surface area contributed by atoms with Crippen molar-refractivity contribution in [3.05, 3.63) is 0 Å². The molecule has 1 saturated heterocycles. The zero-order chi connectivity index (χ0) is 11.0. The van der Waals surface area contributed by atoms with Crippen molar-refractivity contribution in [2.45, 2.75) is 38.3 Å². The molecule has 0 aromatic heterocycles. The lowest BCUT2D eigenvalue weighted by atomic mass is 10.0. The van der Waals surface area contributed by atoms with Gasteiger partial charge >= 0.3 is 5.97 Å². The molecule has 0 bridgehead atoms. The maximum Gasteiger partial charge on any atom is 0.321 e. The third kappa shape index (κ3) is 2.01. The van der Waals surface area contributed by atoms with Gasteiger partial charge in [0.25, 0.3) is 0 Å². The molecule has 1 saturated carbocycles. The second-order valence-corrected chi connectivity index (χ2v) is 4.87. The van der Waals surface area contributed by atoms with E-state index in [1.54, 1.807) is 0 Å². The van der Waals surface area contributed by atoms with Crippen LogP contribution in [0.15, 0.2) is 0 Å². The van der Waals surface area contributed by atoms with Crippen molar-refractivity contribution in [2.24, 2.45) is 11.8 Å². The third-order valence-corrected chi connectivity index (χ3v) is 3.79. The largest absolute Gasteiger partial charge is 0.480 e. The van der Waals surface area contributed by atoms with Gasteiger partial charge in [-0.1, -0.05) is 6.92 Å². The van der Waals surface area contributed by atoms with Gasteiger partial charge in [0.2, 0.25) is 0 Å². The van der Waals surface area contributed by atoms with Gasteiger partial charge in [-0.15, -0.1) is 0 Å². The maximum absolute atomic E-state index is 11.2. The second kappa shape index (κ2) is 4.10. The summed E-state index contributed by atoms with van der Waals surface area (Å²) in [5.41, 5.74) is 0. The molecule has 0 aromatic carbocycles. The van der Waals surface area contributed by atoms with Crippen LogP contribution in [0.1, 0.15) is 26.2 Å². The molecule has 0 amide bonds. The lowest BCUT2D eigenvalue weighted by Gasteiger charge is -2.30. The molecule has 2 aliphatic rings. The van der Waals surface area contributed by atoms with Crippen LogP contribution in [-0.4, -0.2) is 46.3 Å². The Balaban J connectivity index is 2.09. The molecular formula is C11H19NO3. The first-order chi connectivity index (χ1) is 7.15. The van der Waals surface area contributed by atoms with Crippen molar-refractivity contribution >= 4 is 5.97 Å². The van der Waals surface area contributed by atoms with E-state index in [-0.39, 0.29) is 18.7 Å². The van der Waals surface area contributed by atoms with Crippen LogP contribution in [-0.2, 0) is 4.79 Å². The highest BCUT2D eigenvalue weighted by Crippen LogP contribution is 2.39. The van der Waals surface area contributed by atoms with Crippen LogP contribution in [0.2, 0.25) is 0 Å². The number of hydrogen-bond acceptors (Lipinski definition) is 3. The van der Waals surface area contributed by atoms with Crippen LogP contribution >= 0.6 is 0 Å². The number of likely N-dealkylation sites (tertiary alicyclic amines) is 1. The van der Waals surface area contributed by atoms with Crippen molar-refractivity contribution in [3.63, 3.8) is 0 Å². The standard InChI is InChI=1S/C11H19NO3/c1-7-4-5-12(9(7)6-13)10(11(14)15)8-2-3-8/h7-10,13H,2-6H2,1H3,(H,14,15). The van der Waals surface area contributed by atoms with Crippen molar-refractivity contribution in [3.8, 4) is 0 Å². The molecule has 2 rings (SSSR count). The van der Waals surface area contributed by atoms with Gasteiger partial charge < -0.3 is 10.2 Å². The van der Waals surface area contributed by atoms with Crippen LogP contribution in [0.3, 0.4) is 0 Å². The molecule has 2 fully saturated rings. The van der Waals surface area contributed by atoms with E-state index in [2.05, 4.69) is 6.92 Å². The smallest absolute Gasteiger partial charge is 0.321 e. The molecule has 1 heterocycles. The minimum absolute atomic E-state index is 0.0479. The number of carbonyl (C=O) groups is 1.